The fraction of sp³-hybridized carbons (Fsp3) is 0.650. The molecule has 132 valence electrons. The van der Waals surface area contributed by atoms with Crippen molar-refractivity contribution in [2.75, 3.05) is 38.2 Å². The summed E-state index contributed by atoms with van der Waals surface area (Å²) in [5, 5.41) is 0. The lowest BCUT2D eigenvalue weighted by Crippen LogP contribution is -2.32. The second-order valence-electron chi connectivity index (χ2n) is 7.10. The van der Waals surface area contributed by atoms with Crippen molar-refractivity contribution in [2.45, 2.75) is 51.0 Å². The van der Waals surface area contributed by atoms with Crippen molar-refractivity contribution in [1.29, 1.82) is 0 Å². The topological polar surface area (TPSA) is 32.8 Å². The van der Waals surface area contributed by atoms with Crippen molar-refractivity contribution in [2.24, 2.45) is 0 Å². The number of rotatable bonds is 5. The Morgan fingerprint density at radius 1 is 1.12 bits per heavy atom. The molecule has 4 heteroatoms. The van der Waals surface area contributed by atoms with Gasteiger partial charge in [0.25, 0.3) is 5.91 Å². The molecule has 1 aromatic rings. The molecule has 0 aliphatic carbocycles. The maximum absolute atomic E-state index is 12.6. The first kappa shape index (κ1) is 17.3. The Bertz CT molecular complexity index is 517. The summed E-state index contributed by atoms with van der Waals surface area (Å²) in [6, 6.07) is 8.13. The highest BCUT2D eigenvalue weighted by Gasteiger charge is 2.18. The highest BCUT2D eigenvalue weighted by atomic mass is 16.5. The first-order valence-electron chi connectivity index (χ1n) is 9.46. The maximum atomic E-state index is 12.6. The van der Waals surface area contributed by atoms with Crippen molar-refractivity contribution in [1.82, 2.24) is 4.90 Å². The van der Waals surface area contributed by atoms with Crippen molar-refractivity contribution >= 4 is 11.6 Å². The van der Waals surface area contributed by atoms with Crippen LogP contribution in [0.25, 0.3) is 0 Å². The summed E-state index contributed by atoms with van der Waals surface area (Å²) < 4.78 is 5.75. The molecule has 3 rings (SSSR count). The minimum atomic E-state index is 0.107. The third-order valence-corrected chi connectivity index (χ3v) is 5.24. The van der Waals surface area contributed by atoms with E-state index < -0.39 is 0 Å². The van der Waals surface area contributed by atoms with Gasteiger partial charge >= 0.3 is 0 Å². The summed E-state index contributed by atoms with van der Waals surface area (Å²) in [6.45, 7) is 3.90. The third-order valence-electron chi connectivity index (χ3n) is 5.24. The average Bonchev–Trinajstić information content (AvgIpc) is 2.67. The molecule has 2 heterocycles. The Hall–Kier alpha value is -1.55. The molecule has 2 aliphatic rings. The van der Waals surface area contributed by atoms with Crippen LogP contribution in [0.5, 0.6) is 0 Å². The second kappa shape index (κ2) is 8.52. The number of carbonyl (C=O) groups excluding carboxylic acids is 1. The van der Waals surface area contributed by atoms with Crippen LogP contribution in [-0.2, 0) is 4.74 Å². The van der Waals surface area contributed by atoms with E-state index in [4.69, 9.17) is 4.74 Å². The summed E-state index contributed by atoms with van der Waals surface area (Å²) in [5.41, 5.74) is 2.02. The maximum Gasteiger partial charge on any atom is 0.253 e. The smallest absolute Gasteiger partial charge is 0.253 e. The van der Waals surface area contributed by atoms with Crippen LogP contribution in [0.1, 0.15) is 55.3 Å². The molecule has 0 unspecified atom stereocenters. The average molecular weight is 330 g/mol. The van der Waals surface area contributed by atoms with Crippen LogP contribution in [0.4, 0.5) is 5.69 Å². The molecule has 0 bridgehead atoms. The van der Waals surface area contributed by atoms with Crippen molar-refractivity contribution < 1.29 is 9.53 Å². The molecule has 0 aromatic heterocycles. The van der Waals surface area contributed by atoms with Gasteiger partial charge < -0.3 is 14.5 Å². The first-order chi connectivity index (χ1) is 11.7. The van der Waals surface area contributed by atoms with Gasteiger partial charge in [-0.2, -0.15) is 0 Å². The third kappa shape index (κ3) is 4.50. The van der Waals surface area contributed by atoms with Gasteiger partial charge in [0, 0.05) is 44.5 Å². The molecule has 2 aliphatic heterocycles. The number of ether oxygens (including phenoxy) is 1. The lowest BCUT2D eigenvalue weighted by Gasteiger charge is -2.29. The van der Waals surface area contributed by atoms with Crippen LogP contribution in [-0.4, -0.2) is 50.2 Å². The minimum Gasteiger partial charge on any atom is -0.378 e. The zero-order chi connectivity index (χ0) is 16.8. The molecule has 1 atom stereocenters. The van der Waals surface area contributed by atoms with E-state index in [1.807, 2.05) is 24.1 Å². The monoisotopic (exact) mass is 330 g/mol. The summed E-state index contributed by atoms with van der Waals surface area (Å²) in [7, 11) is 1.89. The molecule has 0 radical (unpaired) electrons. The van der Waals surface area contributed by atoms with Crippen LogP contribution in [0.3, 0.4) is 0 Å². The lowest BCUT2D eigenvalue weighted by atomic mass is 10.1. The standard InChI is InChI=1S/C20H30N2O2/c1-21(15-12-19-7-3-6-16-24-19)20(23)17-8-10-18(11-9-17)22-13-4-2-5-14-22/h8-11,19H,2-7,12-16H2,1H3/t19-/m1/s1. The van der Waals surface area contributed by atoms with E-state index in [1.54, 1.807) is 0 Å². The van der Waals surface area contributed by atoms with E-state index in [1.165, 1.54) is 37.8 Å². The SMILES string of the molecule is CN(CC[C@H]1CCCCO1)C(=O)c1ccc(N2CCCCC2)cc1. The highest BCUT2D eigenvalue weighted by molar-refractivity contribution is 5.94. The Labute approximate surface area is 145 Å². The molecular weight excluding hydrogens is 300 g/mol. The normalized spacial score (nSPS) is 21.5. The van der Waals surface area contributed by atoms with E-state index in [-0.39, 0.29) is 5.91 Å². The lowest BCUT2D eigenvalue weighted by molar-refractivity contribution is 0.00709. The fourth-order valence-corrected chi connectivity index (χ4v) is 3.66. The quantitative estimate of drug-likeness (QED) is 0.825. The number of nitrogens with zero attached hydrogens (tertiary/aromatic N) is 2. The molecule has 4 nitrogen and oxygen atoms in total. The summed E-state index contributed by atoms with van der Waals surface area (Å²) in [6.07, 6.45) is 8.70. The predicted molar refractivity (Wildman–Crippen MR) is 97.7 cm³/mol. The fourth-order valence-electron chi connectivity index (χ4n) is 3.66. The molecule has 2 fully saturated rings. The molecule has 24 heavy (non-hydrogen) atoms. The van der Waals surface area contributed by atoms with Gasteiger partial charge in [0.1, 0.15) is 0 Å². The molecule has 0 spiro atoms. The van der Waals surface area contributed by atoms with Crippen LogP contribution in [0.15, 0.2) is 24.3 Å². The predicted octanol–water partition coefficient (Wildman–Crippen LogP) is 3.71. The Balaban J connectivity index is 1.51. The second-order valence-corrected chi connectivity index (χ2v) is 7.10. The van der Waals surface area contributed by atoms with Crippen LogP contribution in [0, 0.1) is 0 Å². The van der Waals surface area contributed by atoms with Gasteiger partial charge in [0.2, 0.25) is 0 Å². The number of amides is 1. The first-order valence-corrected chi connectivity index (χ1v) is 9.46. The largest absolute Gasteiger partial charge is 0.378 e. The van der Waals surface area contributed by atoms with Gasteiger partial charge in [0.15, 0.2) is 0 Å². The Morgan fingerprint density at radius 2 is 1.88 bits per heavy atom. The van der Waals surface area contributed by atoms with Gasteiger partial charge in [-0.05, 0) is 69.2 Å². The molecule has 0 N–H and O–H groups in total. The Morgan fingerprint density at radius 3 is 2.54 bits per heavy atom. The van der Waals surface area contributed by atoms with Gasteiger partial charge in [0.05, 0.1) is 6.10 Å². The molecule has 1 aromatic carbocycles. The minimum absolute atomic E-state index is 0.107. The van der Waals surface area contributed by atoms with Crippen LogP contribution < -0.4 is 4.90 Å². The zero-order valence-electron chi connectivity index (χ0n) is 14.9. The highest BCUT2D eigenvalue weighted by Crippen LogP contribution is 2.21. The van der Waals surface area contributed by atoms with E-state index in [9.17, 15) is 4.79 Å². The van der Waals surface area contributed by atoms with Crippen molar-refractivity contribution in [3.8, 4) is 0 Å². The van der Waals surface area contributed by atoms with Gasteiger partial charge in [-0.1, -0.05) is 0 Å². The molecular formula is C20H30N2O2. The van der Waals surface area contributed by atoms with Crippen LogP contribution >= 0.6 is 0 Å². The number of piperidine rings is 1. The van der Waals surface area contributed by atoms with E-state index >= 15 is 0 Å². The van der Waals surface area contributed by atoms with E-state index in [0.717, 1.165) is 44.6 Å². The number of hydrogen-bond donors (Lipinski definition) is 0. The van der Waals surface area contributed by atoms with Crippen molar-refractivity contribution in [3.63, 3.8) is 0 Å². The number of hydrogen-bond acceptors (Lipinski definition) is 3. The Kier molecular flexibility index (Phi) is 6.13. The number of carbonyl (C=O) groups is 1. The molecule has 1 amide bonds. The summed E-state index contributed by atoms with van der Waals surface area (Å²) >= 11 is 0. The van der Waals surface area contributed by atoms with E-state index in [2.05, 4.69) is 17.0 Å². The number of anilines is 1. The van der Waals surface area contributed by atoms with Crippen molar-refractivity contribution in [3.05, 3.63) is 29.8 Å². The van der Waals surface area contributed by atoms with Gasteiger partial charge in [-0.25, -0.2) is 0 Å². The summed E-state index contributed by atoms with van der Waals surface area (Å²) in [5.74, 6) is 0.107. The molecule has 0 saturated carbocycles. The molecule has 2 saturated heterocycles. The van der Waals surface area contributed by atoms with Crippen LogP contribution in [0.2, 0.25) is 0 Å². The zero-order valence-corrected chi connectivity index (χ0v) is 14.9. The van der Waals surface area contributed by atoms with Gasteiger partial charge in [-0.3, -0.25) is 4.79 Å². The summed E-state index contributed by atoms with van der Waals surface area (Å²) in [4.78, 5) is 16.8. The van der Waals surface area contributed by atoms with E-state index in [0.29, 0.717) is 6.10 Å². The number of benzene rings is 1. The van der Waals surface area contributed by atoms with Gasteiger partial charge in [-0.15, -0.1) is 0 Å².